The second kappa shape index (κ2) is 50.7. The first kappa shape index (κ1) is 100. The van der Waals surface area contributed by atoms with E-state index in [0.717, 1.165) is 22.3 Å². The standard InChI is InChI=1S/C20H34O5Si.C20H32O4Si.C14H20O5.C7H12O5.C7H10O5.C7H12O4.C6H12O5.CH4/c1-20(2,3)26(5,6)24-14-17-18(16(12-21)19(22-4)25-17)23-13-15-10-8-7-9-11-15;1-15-18(22-13-16-11-9-8-10-12-16)17(24-19(15)21-5)14-23-25(6,7)20(2,3)4;1-17-14-11(7-15)13(12(8-16)19-14)18-9-10-5-3-2-4-6-10;2*1-9-7-5(8)6-4(12-7)2-10-3-11-6;1-4-6(9)5(3-8)11-7(4)10-2;1-10-6-5(9)4(8)3(2-7)11-6;/h7-11,16-19,21H,12-14H2,1-6H3;8-12,17-19H,1,13-14H2,2-7H3;2-6,11-16H,7-9H2,1H3;4-8H,2-3H2,1H3;4,6-7H,2-3H2,1H3;5-9H,1,3H2,2H3;3-9H,2H2,1H3;1H4/t16?,17-,18-,19-;17-,18-,19-;11?,12-,13-,14-;4-,5?,6+,7-;4-,6+,7-;5-,6-,7-;3-,4+,5?,6-;/m1111111./s1/i;;15D;;;;;1T. The van der Waals surface area contributed by atoms with E-state index in [1.807, 2.05) is 91.0 Å². The van der Waals surface area contributed by atoms with Crippen molar-refractivity contribution in [2.24, 2.45) is 11.8 Å². The van der Waals surface area contributed by atoms with E-state index in [9.17, 15) is 25.2 Å². The van der Waals surface area contributed by atoms with Gasteiger partial charge in [-0.15, -0.1) is 0 Å². The van der Waals surface area contributed by atoms with Gasteiger partial charge in [-0.05, 0) is 53.0 Å². The highest BCUT2D eigenvalue weighted by Gasteiger charge is 2.51. The number of carbonyl (C=O) groups is 1. The van der Waals surface area contributed by atoms with E-state index in [2.05, 4.69) is 90.7 Å². The van der Waals surface area contributed by atoms with Crippen molar-refractivity contribution in [2.75, 3.05) is 123 Å². The molecule has 670 valence electrons. The smallest absolute Gasteiger partial charge is 0.220 e. The van der Waals surface area contributed by atoms with Crippen LogP contribution in [-0.4, -0.2) is 334 Å². The maximum atomic E-state index is 11.3. The average molecular weight is 1710 g/mol. The van der Waals surface area contributed by atoms with Crippen molar-refractivity contribution < 1.29 is 160 Å². The Balaban J connectivity index is 0.000000253. The molecular formula is C82H136O33Si2. The molecule has 9 heterocycles. The third-order valence-corrected chi connectivity index (χ3v) is 30.7. The minimum Gasteiger partial charge on any atom is -0.414 e. The van der Waals surface area contributed by atoms with E-state index in [1.54, 1.807) is 14.2 Å². The summed E-state index contributed by atoms with van der Waals surface area (Å²) in [5, 5.41) is 78.4. The van der Waals surface area contributed by atoms with Crippen LogP contribution in [0.2, 0.25) is 36.3 Å². The van der Waals surface area contributed by atoms with Gasteiger partial charge in [0.05, 0.1) is 103 Å². The minimum atomic E-state index is -1.89. The zero-order valence-corrected chi connectivity index (χ0v) is 73.2. The highest BCUT2D eigenvalue weighted by Crippen LogP contribution is 2.41. The number of hydrogen-bond acceptors (Lipinski definition) is 33. The molecule has 12 rings (SSSR count). The highest BCUT2D eigenvalue weighted by atomic mass is 28.4. The number of ketones is 1. The van der Waals surface area contributed by atoms with E-state index in [4.69, 9.17) is 127 Å². The highest BCUT2D eigenvalue weighted by molar-refractivity contribution is 6.74. The third-order valence-electron chi connectivity index (χ3n) is 21.7. The molecule has 0 aromatic heterocycles. The van der Waals surface area contributed by atoms with Gasteiger partial charge < -0.3 is 154 Å². The van der Waals surface area contributed by atoms with Crippen LogP contribution in [0.3, 0.4) is 0 Å². The van der Waals surface area contributed by atoms with Crippen LogP contribution in [0.25, 0.3) is 0 Å². The van der Waals surface area contributed by atoms with E-state index in [1.165, 1.54) is 43.0 Å². The van der Waals surface area contributed by atoms with Crippen molar-refractivity contribution in [1.82, 2.24) is 0 Å². The number of methoxy groups -OCH3 is 7. The largest absolute Gasteiger partial charge is 0.414 e. The average Bonchev–Trinajstić information content (AvgIpc) is 1.78. The molecule has 0 bridgehead atoms. The maximum absolute atomic E-state index is 11.3. The minimum absolute atomic E-state index is 0.0471. The normalized spacial score (nSPS) is 33.4. The molecule has 3 aromatic rings. The van der Waals surface area contributed by atoms with Gasteiger partial charge in [-0.25, -0.2) is 0 Å². The number of aliphatic hydroxyl groups is 9. The second-order valence-corrected chi connectivity index (χ2v) is 41.2. The summed E-state index contributed by atoms with van der Waals surface area (Å²) in [5.74, 6) is -0.610. The molecule has 4 unspecified atom stereocenters. The molecular weight excluding hydrogens is 1570 g/mol. The van der Waals surface area contributed by atoms with Crippen molar-refractivity contribution in [2.45, 2.75) is 247 Å². The van der Waals surface area contributed by atoms with Crippen LogP contribution in [0.1, 0.15) is 67.0 Å². The lowest BCUT2D eigenvalue weighted by atomic mass is 10.0. The van der Waals surface area contributed by atoms with E-state index >= 15 is 0 Å². The Morgan fingerprint density at radius 2 is 0.889 bits per heavy atom. The van der Waals surface area contributed by atoms with Crippen LogP contribution >= 0.6 is 0 Å². The van der Waals surface area contributed by atoms with Gasteiger partial charge in [0, 0.05) is 62.3 Å². The molecule has 25 atom stereocenters. The second-order valence-electron chi connectivity index (χ2n) is 31.6. The first-order valence-electron chi connectivity index (χ1n) is 40.2. The molecule has 0 saturated carbocycles. The number of ether oxygens (including phenoxy) is 21. The monoisotopic (exact) mass is 1710 g/mol. The van der Waals surface area contributed by atoms with Crippen LogP contribution in [0.15, 0.2) is 115 Å². The fraction of sp³-hybridized carbons (Fsp3) is 0.720. The number of carbonyl (C=O) groups excluding carboxylic acids is 1. The Morgan fingerprint density at radius 3 is 1.30 bits per heavy atom. The van der Waals surface area contributed by atoms with Crippen LogP contribution in [-0.2, 0) is 133 Å². The summed E-state index contributed by atoms with van der Waals surface area (Å²) >= 11 is 0. The van der Waals surface area contributed by atoms with Crippen molar-refractivity contribution in [3.8, 4) is 0 Å². The predicted molar refractivity (Wildman–Crippen MR) is 429 cm³/mol. The van der Waals surface area contributed by atoms with Crippen molar-refractivity contribution >= 4 is 22.4 Å². The lowest BCUT2D eigenvalue weighted by molar-refractivity contribution is -0.194. The summed E-state index contributed by atoms with van der Waals surface area (Å²) in [6.07, 6.45) is -12.3. The molecule has 9 aliphatic heterocycles. The number of fused-ring (bicyclic) bond motifs is 2. The zero-order valence-electron chi connectivity index (χ0n) is 73.2. The molecule has 9 fully saturated rings. The molecule has 117 heavy (non-hydrogen) atoms. The Labute approximate surface area is 694 Å². The maximum Gasteiger partial charge on any atom is 0.220 e. The first-order chi connectivity index (χ1) is 56.7. The lowest BCUT2D eigenvalue weighted by Gasteiger charge is -2.37. The summed E-state index contributed by atoms with van der Waals surface area (Å²) in [6, 6.07) is 29.9. The van der Waals surface area contributed by atoms with E-state index in [0.29, 0.717) is 51.8 Å². The Bertz CT molecular complexity index is 3240. The van der Waals surface area contributed by atoms with Gasteiger partial charge in [-0.1, -0.05) is 153 Å². The molecule has 9 N–H and O–H groups in total. The molecule has 9 aliphatic rings. The topological polar surface area (TPSA) is 411 Å². The number of hydrogen-bond donors (Lipinski definition) is 9. The molecule has 0 spiro atoms. The van der Waals surface area contributed by atoms with Gasteiger partial charge in [-0.2, -0.15) is 0 Å². The Kier molecular flexibility index (Phi) is 43.3. The Hall–Kier alpha value is -4.04. The van der Waals surface area contributed by atoms with Crippen molar-refractivity contribution in [3.63, 3.8) is 0 Å². The zero-order chi connectivity index (χ0) is 88.4. The van der Waals surface area contributed by atoms with Crippen LogP contribution < -0.4 is 0 Å². The Morgan fingerprint density at radius 1 is 0.470 bits per heavy atom. The quantitative estimate of drug-likeness (QED) is 0.0341. The number of Topliss-reactive ketones (excluding diaryl/α,β-unsaturated/α-hetero) is 1. The predicted octanol–water partition coefficient (Wildman–Crippen LogP) is 5.00. The SMILES string of the molecule is C=C1[C@H](OC)O[C@H](CO)[C@@H]1O.C=C1[C@H](OC)O[C@H](CO[Si](C)(C)C(C)(C)C)[C@@H]1OCc1ccccc1.CO[C@@H]1O[C@@H]2COCO[C@@H]2C1=O.CO[C@@H]1O[C@@H]2COCO[C@@H]2C1O.CO[C@@H]1O[C@H](CO)[C@H](O)C1O.CO[C@@H]1O[C@H](CO[Si](C)(C)C(C)(C)C)[C@H](OCc2ccccc2)C1CO.[2H]OCC1[C@H](OC)O[C@H](CO)[C@@H]1OCc1ccccc1.[3H]C. The summed E-state index contributed by atoms with van der Waals surface area (Å²) in [6.45, 7) is 32.9. The van der Waals surface area contributed by atoms with Gasteiger partial charge in [-0.3, -0.25) is 4.79 Å². The van der Waals surface area contributed by atoms with E-state index in [-0.39, 0.29) is 123 Å². The van der Waals surface area contributed by atoms with Gasteiger partial charge in [0.2, 0.25) is 13.5 Å². The number of benzene rings is 3. The van der Waals surface area contributed by atoms with Crippen LogP contribution in [0.4, 0.5) is 0 Å². The molecule has 9 saturated heterocycles. The molecule has 3 aromatic carbocycles. The third kappa shape index (κ3) is 29.3. The number of rotatable bonds is 28. The van der Waals surface area contributed by atoms with Gasteiger partial charge in [0.1, 0.15) is 92.9 Å². The summed E-state index contributed by atoms with van der Waals surface area (Å²) < 4.78 is 137. The van der Waals surface area contributed by atoms with Gasteiger partial charge in [0.15, 0.2) is 60.5 Å². The fourth-order valence-corrected chi connectivity index (χ4v) is 14.7. The summed E-state index contributed by atoms with van der Waals surface area (Å²) in [4.78, 5) is 11.3. The van der Waals surface area contributed by atoms with Crippen LogP contribution in [0.5, 0.6) is 0 Å². The molecule has 35 heteroatoms. The first-order valence-corrected chi connectivity index (χ1v) is 44.6. The molecule has 33 nitrogen and oxygen atoms in total. The van der Waals surface area contributed by atoms with Gasteiger partial charge in [0.25, 0.3) is 0 Å². The lowest BCUT2D eigenvalue weighted by Crippen LogP contribution is -2.44. The summed E-state index contributed by atoms with van der Waals surface area (Å²) in [5.41, 5.74) is 4.54. The van der Waals surface area contributed by atoms with Crippen LogP contribution in [0, 0.1) is 11.8 Å². The fourth-order valence-electron chi connectivity index (χ4n) is 12.7. The van der Waals surface area contributed by atoms with Crippen molar-refractivity contribution in [3.05, 3.63) is 132 Å². The van der Waals surface area contributed by atoms with Gasteiger partial charge >= 0.3 is 0 Å². The molecule has 0 radical (unpaired) electrons. The molecule has 0 aliphatic carbocycles. The number of aliphatic hydroxyl groups excluding tert-OH is 9. The van der Waals surface area contributed by atoms with E-state index < -0.39 is 109 Å². The summed E-state index contributed by atoms with van der Waals surface area (Å²) in [7, 11) is 8.00. The van der Waals surface area contributed by atoms with Crippen molar-refractivity contribution in [1.29, 1.82) is 1.43 Å². The molecule has 0 amide bonds.